The normalized spacial score (nSPS) is 20.4. The van der Waals surface area contributed by atoms with Crippen LogP contribution in [-0.2, 0) is 19.9 Å². The van der Waals surface area contributed by atoms with Crippen LogP contribution in [0.5, 0.6) is 0 Å². The van der Waals surface area contributed by atoms with Gasteiger partial charge < -0.3 is 14.8 Å². The van der Waals surface area contributed by atoms with Crippen LogP contribution in [0.4, 0.5) is 4.79 Å². The molecule has 5 aromatic carbocycles. The summed E-state index contributed by atoms with van der Waals surface area (Å²) in [5, 5.41) is 3.61. The molecule has 1 amide bonds. The molecule has 1 unspecified atom stereocenters. The van der Waals surface area contributed by atoms with E-state index in [1.807, 2.05) is 78.9 Å². The minimum Gasteiger partial charge on any atom is -0.449 e. The second kappa shape index (κ2) is 17.3. The van der Waals surface area contributed by atoms with E-state index < -0.39 is 23.7 Å². The number of benzene rings is 5. The van der Waals surface area contributed by atoms with Gasteiger partial charge in [0.05, 0.1) is 5.92 Å². The zero-order chi connectivity index (χ0) is 38.3. The quantitative estimate of drug-likeness (QED) is 0.120. The van der Waals surface area contributed by atoms with E-state index in [1.165, 1.54) is 54.4 Å². The summed E-state index contributed by atoms with van der Waals surface area (Å²) < 4.78 is 12.9. The lowest BCUT2D eigenvalue weighted by Crippen LogP contribution is -2.48. The van der Waals surface area contributed by atoms with Gasteiger partial charge in [0.2, 0.25) is 0 Å². The number of alkyl carbamates (subject to hydrolysis) is 1. The summed E-state index contributed by atoms with van der Waals surface area (Å²) in [6, 6.07) is 42.2. The van der Waals surface area contributed by atoms with Gasteiger partial charge in [-0.2, -0.15) is 0 Å². The van der Waals surface area contributed by atoms with Crippen molar-refractivity contribution in [2.75, 3.05) is 6.61 Å². The Kier molecular flexibility index (Phi) is 11.7. The molecule has 1 saturated carbocycles. The van der Waals surface area contributed by atoms with Gasteiger partial charge in [-0.05, 0) is 78.0 Å². The highest BCUT2D eigenvalue weighted by atomic mass is 35.5. The zero-order valence-electron chi connectivity index (χ0n) is 31.9. The maximum Gasteiger partial charge on any atom is 0.407 e. The van der Waals surface area contributed by atoms with Crippen molar-refractivity contribution in [2.24, 2.45) is 5.92 Å². The highest BCUT2D eigenvalue weighted by Gasteiger charge is 2.45. The molecule has 56 heavy (non-hydrogen) atoms. The fourth-order valence-electron chi connectivity index (χ4n) is 9.22. The van der Waals surface area contributed by atoms with Gasteiger partial charge in [-0.3, -0.25) is 4.79 Å². The molecule has 0 bridgehead atoms. The first kappa shape index (κ1) is 37.8. The summed E-state index contributed by atoms with van der Waals surface area (Å²) in [5.41, 5.74) is 8.20. The number of carbonyl (C=O) groups excluding carboxylic acids is 2. The van der Waals surface area contributed by atoms with Crippen LogP contribution >= 0.6 is 11.6 Å². The Morgan fingerprint density at radius 3 is 2.04 bits per heavy atom. The lowest BCUT2D eigenvalue weighted by atomic mass is 9.78. The third-order valence-electron chi connectivity index (χ3n) is 12.1. The highest BCUT2D eigenvalue weighted by Crippen LogP contribution is 2.46. The number of fused-ring (bicyclic) bond motifs is 3. The van der Waals surface area contributed by atoms with Crippen molar-refractivity contribution in [3.05, 3.63) is 172 Å². The molecule has 0 spiro atoms. The van der Waals surface area contributed by atoms with Crippen molar-refractivity contribution in [3.8, 4) is 11.1 Å². The predicted octanol–water partition coefficient (Wildman–Crippen LogP) is 12.4. The summed E-state index contributed by atoms with van der Waals surface area (Å²) in [5.74, 6) is -1.000. The first-order valence-corrected chi connectivity index (χ1v) is 20.9. The fourth-order valence-corrected chi connectivity index (χ4v) is 9.49. The van der Waals surface area contributed by atoms with Crippen molar-refractivity contribution >= 4 is 29.2 Å². The molecule has 5 aromatic rings. The Hall–Kier alpha value is -5.13. The van der Waals surface area contributed by atoms with Crippen molar-refractivity contribution in [1.82, 2.24) is 5.32 Å². The molecular formula is C50H50ClNO4. The number of carbonyl (C=O) groups is 2. The van der Waals surface area contributed by atoms with Gasteiger partial charge in [-0.15, -0.1) is 0 Å². The van der Waals surface area contributed by atoms with E-state index in [1.54, 1.807) is 0 Å². The smallest absolute Gasteiger partial charge is 0.407 e. The predicted molar refractivity (Wildman–Crippen MR) is 225 cm³/mol. The van der Waals surface area contributed by atoms with E-state index in [4.69, 9.17) is 21.1 Å². The van der Waals surface area contributed by atoms with Crippen molar-refractivity contribution in [3.63, 3.8) is 0 Å². The van der Waals surface area contributed by atoms with Crippen molar-refractivity contribution in [1.29, 1.82) is 0 Å². The van der Waals surface area contributed by atoms with Crippen LogP contribution in [0.1, 0.15) is 110 Å². The third kappa shape index (κ3) is 7.79. The highest BCUT2D eigenvalue weighted by molar-refractivity contribution is 6.31. The number of hydrogen-bond acceptors (Lipinski definition) is 4. The Bertz CT molecular complexity index is 2130. The first-order valence-electron chi connectivity index (χ1n) is 20.5. The van der Waals surface area contributed by atoms with Gasteiger partial charge in [-0.1, -0.05) is 171 Å². The standard InChI is InChI=1S/C50H50ClNO4/c51-46-28-16-15-27-45(46)50(37-20-8-5-9-21-37,38-32-30-36(31-33-38)35-18-6-3-1-2-4-7-19-35)56-48(53)43-26-14-17-29-47(43)52-49(54)55-34-44-41-24-12-10-22-39(41)40-23-11-13-25-42(40)44/h5,8-13,15-16,18,20-25,27-28,30-33,43-44,47H,1-4,6-7,14,17,19,26,29,34H2,(H,52,54)/b35-18+/t43-,47-,50?/m1/s1. The number of ether oxygens (including phenoxy) is 2. The van der Waals surface area contributed by atoms with Gasteiger partial charge in [0, 0.05) is 33.7 Å². The summed E-state index contributed by atoms with van der Waals surface area (Å²) in [6.07, 6.45) is 13.3. The number of allylic oxidation sites excluding steroid dienone is 2. The lowest BCUT2D eigenvalue weighted by molar-refractivity contribution is -0.160. The Balaban J connectivity index is 1.07. The van der Waals surface area contributed by atoms with E-state index in [-0.39, 0.29) is 18.5 Å². The molecule has 1 N–H and O–H groups in total. The molecule has 5 nitrogen and oxygen atoms in total. The van der Waals surface area contributed by atoms with Crippen LogP contribution in [0.25, 0.3) is 16.7 Å². The van der Waals surface area contributed by atoms with Crippen LogP contribution in [0, 0.1) is 5.92 Å². The molecule has 0 saturated heterocycles. The van der Waals surface area contributed by atoms with Gasteiger partial charge in [0.1, 0.15) is 6.61 Å². The summed E-state index contributed by atoms with van der Waals surface area (Å²) in [6.45, 7) is 0.207. The Labute approximate surface area is 336 Å². The lowest BCUT2D eigenvalue weighted by Gasteiger charge is -2.39. The van der Waals surface area contributed by atoms with Crippen molar-refractivity contribution in [2.45, 2.75) is 88.2 Å². The largest absolute Gasteiger partial charge is 0.449 e. The molecule has 3 aliphatic carbocycles. The molecular weight excluding hydrogens is 714 g/mol. The second-order valence-corrected chi connectivity index (χ2v) is 15.9. The maximum atomic E-state index is 14.8. The Morgan fingerprint density at radius 1 is 0.661 bits per heavy atom. The van der Waals surface area contributed by atoms with Crippen LogP contribution in [0.15, 0.2) is 133 Å². The van der Waals surface area contributed by atoms with Crippen LogP contribution in [-0.4, -0.2) is 24.7 Å². The van der Waals surface area contributed by atoms with E-state index >= 15 is 0 Å². The Morgan fingerprint density at radius 2 is 1.29 bits per heavy atom. The van der Waals surface area contributed by atoms with E-state index in [9.17, 15) is 9.59 Å². The third-order valence-corrected chi connectivity index (χ3v) is 12.4. The number of esters is 1. The molecule has 0 heterocycles. The average Bonchev–Trinajstić information content (AvgIpc) is 3.63. The van der Waals surface area contributed by atoms with Gasteiger partial charge in [0.15, 0.2) is 5.60 Å². The number of rotatable bonds is 9. The fraction of sp³-hybridized carbons (Fsp3) is 0.320. The summed E-state index contributed by atoms with van der Waals surface area (Å²) in [7, 11) is 0. The second-order valence-electron chi connectivity index (χ2n) is 15.5. The minimum atomic E-state index is -1.34. The van der Waals surface area contributed by atoms with Crippen LogP contribution in [0.2, 0.25) is 5.02 Å². The summed E-state index contributed by atoms with van der Waals surface area (Å²) >= 11 is 7.05. The summed E-state index contributed by atoms with van der Waals surface area (Å²) in [4.78, 5) is 28.4. The minimum absolute atomic E-state index is 0.0541. The molecule has 0 aromatic heterocycles. The van der Waals surface area contributed by atoms with E-state index in [2.05, 4.69) is 59.9 Å². The SMILES string of the molecule is O=C(N[C@@H]1CCCC[C@H]1C(=O)OC(c1ccccc1)(c1ccc(/C2=C/CCCCCCC2)cc1)c1ccccc1Cl)OCC1c2ccccc2-c2ccccc21. The number of nitrogens with one attached hydrogen (secondary N) is 1. The van der Waals surface area contributed by atoms with Crippen LogP contribution < -0.4 is 5.32 Å². The number of amides is 1. The van der Waals surface area contributed by atoms with Crippen molar-refractivity contribution < 1.29 is 19.1 Å². The monoisotopic (exact) mass is 763 g/mol. The molecule has 0 radical (unpaired) electrons. The molecule has 0 aliphatic heterocycles. The molecule has 1 fully saturated rings. The number of halogens is 1. The first-order chi connectivity index (χ1) is 27.5. The molecule has 6 heteroatoms. The molecule has 8 rings (SSSR count). The topological polar surface area (TPSA) is 64.6 Å². The maximum absolute atomic E-state index is 14.8. The number of hydrogen-bond donors (Lipinski definition) is 1. The van der Waals surface area contributed by atoms with E-state index in [0.29, 0.717) is 23.4 Å². The van der Waals surface area contributed by atoms with Gasteiger partial charge in [0.25, 0.3) is 0 Å². The molecule has 286 valence electrons. The average molecular weight is 764 g/mol. The molecule has 3 atom stereocenters. The van der Waals surface area contributed by atoms with Crippen LogP contribution in [0.3, 0.4) is 0 Å². The zero-order valence-corrected chi connectivity index (χ0v) is 32.7. The van der Waals surface area contributed by atoms with Gasteiger partial charge >= 0.3 is 12.1 Å². The van der Waals surface area contributed by atoms with Gasteiger partial charge in [-0.25, -0.2) is 4.79 Å². The van der Waals surface area contributed by atoms with E-state index in [0.717, 1.165) is 47.9 Å². The molecule has 3 aliphatic rings.